The minimum absolute atomic E-state index is 0.168. The van der Waals surface area contributed by atoms with Crippen molar-refractivity contribution in [2.24, 2.45) is 0 Å². The van der Waals surface area contributed by atoms with E-state index in [4.69, 9.17) is 0 Å². The van der Waals surface area contributed by atoms with Crippen LogP contribution in [0.1, 0.15) is 42.9 Å². The molecule has 0 fully saturated rings. The van der Waals surface area contributed by atoms with Gasteiger partial charge in [0, 0.05) is 25.3 Å². The fraction of sp³-hybridized carbons (Fsp3) is 0.345. The third-order valence-electron chi connectivity index (χ3n) is 6.65. The van der Waals surface area contributed by atoms with E-state index in [0.29, 0.717) is 18.2 Å². The standard InChI is InChI=1S/C29H35N3O3S/c1-22(2)24-11-13-26(14-12-24)32(36(34,35)27-15-9-23(3)10-16-27)21-29(33)30-18-6-19-31-20-17-25-7-4-5-8-28(25)31/h4-5,7-16,22H,6,17-21H2,1-3H3,(H,30,33). The third kappa shape index (κ3) is 5.90. The molecule has 1 N–H and O–H groups in total. The van der Waals surface area contributed by atoms with Crippen LogP contribution < -0.4 is 14.5 Å². The quantitative estimate of drug-likeness (QED) is 0.399. The Kier molecular flexibility index (Phi) is 7.99. The van der Waals surface area contributed by atoms with Crippen molar-refractivity contribution >= 4 is 27.3 Å². The number of aryl methyl sites for hydroxylation is 1. The Hall–Kier alpha value is -3.32. The summed E-state index contributed by atoms with van der Waals surface area (Å²) >= 11 is 0. The average Bonchev–Trinajstić information content (AvgIpc) is 3.28. The van der Waals surface area contributed by atoms with Crippen molar-refractivity contribution in [3.05, 3.63) is 89.5 Å². The largest absolute Gasteiger partial charge is 0.371 e. The van der Waals surface area contributed by atoms with E-state index in [-0.39, 0.29) is 17.3 Å². The highest BCUT2D eigenvalue weighted by atomic mass is 32.2. The number of benzene rings is 3. The van der Waals surface area contributed by atoms with Gasteiger partial charge >= 0.3 is 0 Å². The van der Waals surface area contributed by atoms with Crippen LogP contribution in [0, 0.1) is 6.92 Å². The Morgan fingerprint density at radius 1 is 1.00 bits per heavy atom. The highest BCUT2D eigenvalue weighted by Gasteiger charge is 2.27. The summed E-state index contributed by atoms with van der Waals surface area (Å²) in [5, 5.41) is 2.92. The van der Waals surface area contributed by atoms with E-state index in [2.05, 4.69) is 48.3 Å². The lowest BCUT2D eigenvalue weighted by Gasteiger charge is -2.25. The van der Waals surface area contributed by atoms with Gasteiger partial charge in [0.15, 0.2) is 0 Å². The molecule has 1 heterocycles. The summed E-state index contributed by atoms with van der Waals surface area (Å²) in [5.41, 5.74) is 5.19. The molecule has 0 aromatic heterocycles. The Balaban J connectivity index is 1.43. The van der Waals surface area contributed by atoms with Crippen molar-refractivity contribution in [1.29, 1.82) is 0 Å². The van der Waals surface area contributed by atoms with Gasteiger partial charge in [-0.1, -0.05) is 61.9 Å². The minimum atomic E-state index is -3.91. The SMILES string of the molecule is Cc1ccc(S(=O)(=O)N(CC(=O)NCCCN2CCc3ccccc32)c2ccc(C(C)C)cc2)cc1. The van der Waals surface area contributed by atoms with Crippen LogP contribution >= 0.6 is 0 Å². The molecule has 7 heteroatoms. The summed E-state index contributed by atoms with van der Waals surface area (Å²) in [6, 6.07) is 22.5. The first-order chi connectivity index (χ1) is 17.3. The van der Waals surface area contributed by atoms with Crippen LogP contribution in [-0.4, -0.2) is 40.5 Å². The number of nitrogens with one attached hydrogen (secondary N) is 1. The lowest BCUT2D eigenvalue weighted by Crippen LogP contribution is -2.41. The Morgan fingerprint density at radius 3 is 2.39 bits per heavy atom. The second-order valence-corrected chi connectivity index (χ2v) is 11.5. The van der Waals surface area contributed by atoms with Gasteiger partial charge in [-0.3, -0.25) is 9.10 Å². The van der Waals surface area contributed by atoms with Gasteiger partial charge in [-0.05, 0) is 67.1 Å². The second-order valence-electron chi connectivity index (χ2n) is 9.64. The molecule has 3 aromatic rings. The van der Waals surface area contributed by atoms with E-state index in [1.807, 2.05) is 19.1 Å². The Labute approximate surface area is 215 Å². The van der Waals surface area contributed by atoms with Crippen molar-refractivity contribution < 1.29 is 13.2 Å². The number of para-hydroxylation sites is 1. The second kappa shape index (κ2) is 11.2. The van der Waals surface area contributed by atoms with E-state index in [9.17, 15) is 13.2 Å². The molecule has 0 radical (unpaired) electrons. The lowest BCUT2D eigenvalue weighted by atomic mass is 10.0. The van der Waals surface area contributed by atoms with Crippen molar-refractivity contribution in [3.63, 3.8) is 0 Å². The maximum absolute atomic E-state index is 13.6. The lowest BCUT2D eigenvalue weighted by molar-refractivity contribution is -0.119. The van der Waals surface area contributed by atoms with Gasteiger partial charge in [-0.25, -0.2) is 8.42 Å². The van der Waals surface area contributed by atoms with Crippen LogP contribution in [-0.2, 0) is 21.2 Å². The predicted molar refractivity (Wildman–Crippen MR) is 146 cm³/mol. The van der Waals surface area contributed by atoms with E-state index >= 15 is 0 Å². The average molecular weight is 506 g/mol. The molecule has 0 bridgehead atoms. The van der Waals surface area contributed by atoms with Crippen LogP contribution in [0.15, 0.2) is 77.7 Å². The number of carbonyl (C=O) groups excluding carboxylic acids is 1. The minimum Gasteiger partial charge on any atom is -0.371 e. The third-order valence-corrected chi connectivity index (χ3v) is 8.44. The molecular weight excluding hydrogens is 470 g/mol. The summed E-state index contributed by atoms with van der Waals surface area (Å²) in [5.74, 6) is 0.00696. The number of fused-ring (bicyclic) bond motifs is 1. The first kappa shape index (κ1) is 25.8. The van der Waals surface area contributed by atoms with Crippen LogP contribution in [0.3, 0.4) is 0 Å². The number of sulfonamides is 1. The van der Waals surface area contributed by atoms with Gasteiger partial charge in [0.25, 0.3) is 10.0 Å². The Bertz CT molecular complexity index is 1290. The van der Waals surface area contributed by atoms with E-state index in [1.165, 1.54) is 15.6 Å². The van der Waals surface area contributed by atoms with Crippen LogP contribution in [0.2, 0.25) is 0 Å². The van der Waals surface area contributed by atoms with Gasteiger partial charge in [-0.15, -0.1) is 0 Å². The zero-order chi connectivity index (χ0) is 25.7. The first-order valence-electron chi connectivity index (χ1n) is 12.5. The van der Waals surface area contributed by atoms with Crippen molar-refractivity contribution in [2.45, 2.75) is 44.4 Å². The summed E-state index contributed by atoms with van der Waals surface area (Å²) in [4.78, 5) is 15.4. The number of amides is 1. The number of anilines is 2. The van der Waals surface area contributed by atoms with E-state index < -0.39 is 10.0 Å². The van der Waals surface area contributed by atoms with Gasteiger partial charge in [0.05, 0.1) is 10.6 Å². The van der Waals surface area contributed by atoms with E-state index in [0.717, 1.165) is 37.1 Å². The monoisotopic (exact) mass is 505 g/mol. The zero-order valence-electron chi connectivity index (χ0n) is 21.3. The number of hydrogen-bond donors (Lipinski definition) is 1. The molecular formula is C29H35N3O3S. The molecule has 0 spiro atoms. The number of rotatable bonds is 10. The molecule has 0 aliphatic carbocycles. The fourth-order valence-electron chi connectivity index (χ4n) is 4.50. The predicted octanol–water partition coefficient (Wildman–Crippen LogP) is 4.88. The normalized spacial score (nSPS) is 13.1. The Morgan fingerprint density at radius 2 is 1.69 bits per heavy atom. The number of nitrogens with zero attached hydrogens (tertiary/aromatic N) is 2. The van der Waals surface area contributed by atoms with Gasteiger partial charge < -0.3 is 10.2 Å². The number of hydrogen-bond acceptors (Lipinski definition) is 4. The van der Waals surface area contributed by atoms with Gasteiger partial charge in [0.2, 0.25) is 5.91 Å². The summed E-state index contributed by atoms with van der Waals surface area (Å²) in [6.45, 7) is 8.13. The molecule has 190 valence electrons. The maximum atomic E-state index is 13.6. The molecule has 1 aliphatic heterocycles. The van der Waals surface area contributed by atoms with Gasteiger partial charge in [0.1, 0.15) is 6.54 Å². The highest BCUT2D eigenvalue weighted by Crippen LogP contribution is 2.28. The molecule has 0 saturated carbocycles. The van der Waals surface area contributed by atoms with Gasteiger partial charge in [-0.2, -0.15) is 0 Å². The van der Waals surface area contributed by atoms with Crippen LogP contribution in [0.5, 0.6) is 0 Å². The molecule has 0 atom stereocenters. The van der Waals surface area contributed by atoms with Crippen LogP contribution in [0.4, 0.5) is 11.4 Å². The van der Waals surface area contributed by atoms with Crippen molar-refractivity contribution in [3.8, 4) is 0 Å². The summed E-state index contributed by atoms with van der Waals surface area (Å²) in [7, 11) is -3.91. The number of carbonyl (C=O) groups is 1. The topological polar surface area (TPSA) is 69.7 Å². The molecule has 0 unspecified atom stereocenters. The summed E-state index contributed by atoms with van der Waals surface area (Å²) < 4.78 is 28.3. The molecule has 6 nitrogen and oxygen atoms in total. The molecule has 1 amide bonds. The molecule has 36 heavy (non-hydrogen) atoms. The van der Waals surface area contributed by atoms with Crippen molar-refractivity contribution in [2.75, 3.05) is 35.4 Å². The first-order valence-corrected chi connectivity index (χ1v) is 14.0. The molecule has 3 aromatic carbocycles. The smallest absolute Gasteiger partial charge is 0.264 e. The molecule has 0 saturated heterocycles. The van der Waals surface area contributed by atoms with Crippen molar-refractivity contribution in [1.82, 2.24) is 5.32 Å². The molecule has 4 rings (SSSR count). The van der Waals surface area contributed by atoms with E-state index in [1.54, 1.807) is 36.4 Å². The summed E-state index contributed by atoms with van der Waals surface area (Å²) in [6.07, 6.45) is 1.83. The molecule has 1 aliphatic rings. The highest BCUT2D eigenvalue weighted by molar-refractivity contribution is 7.92. The zero-order valence-corrected chi connectivity index (χ0v) is 22.1. The maximum Gasteiger partial charge on any atom is 0.264 e. The fourth-order valence-corrected chi connectivity index (χ4v) is 5.92. The van der Waals surface area contributed by atoms with Crippen LogP contribution in [0.25, 0.3) is 0 Å².